The number of anilines is 3. The number of nitrogens with two attached hydrogens (primary N) is 1. The normalized spacial score (nSPS) is 17.6. The molecular weight excluding hydrogens is 520 g/mol. The fourth-order valence-electron chi connectivity index (χ4n) is 5.24. The van der Waals surface area contributed by atoms with Crippen molar-refractivity contribution >= 4 is 29.7 Å². The number of piperidine rings is 1. The van der Waals surface area contributed by atoms with E-state index in [4.69, 9.17) is 10.5 Å². The second-order valence-electron chi connectivity index (χ2n) is 9.93. The molecule has 0 unspecified atom stereocenters. The highest BCUT2D eigenvalue weighted by Gasteiger charge is 2.28. The molecule has 3 heterocycles. The number of amides is 1. The Hall–Kier alpha value is -4.16. The number of rotatable bonds is 7. The second kappa shape index (κ2) is 11.5. The van der Waals surface area contributed by atoms with E-state index in [9.17, 15) is 18.4 Å². The number of para-hydroxylation sites is 1. The van der Waals surface area contributed by atoms with Gasteiger partial charge in [0.1, 0.15) is 11.4 Å². The summed E-state index contributed by atoms with van der Waals surface area (Å²) in [6.07, 6.45) is 2.39. The molecular formula is C28H31F2N7O3. The molecule has 0 saturated carbocycles. The number of hydrogen-bond acceptors (Lipinski definition) is 8. The van der Waals surface area contributed by atoms with Crippen molar-refractivity contribution in [3.05, 3.63) is 75.7 Å². The van der Waals surface area contributed by atoms with Gasteiger partial charge in [0.2, 0.25) is 0 Å². The van der Waals surface area contributed by atoms with Gasteiger partial charge >= 0.3 is 0 Å². The zero-order valence-corrected chi connectivity index (χ0v) is 22.1. The molecule has 0 bridgehead atoms. The van der Waals surface area contributed by atoms with Crippen molar-refractivity contribution in [2.75, 3.05) is 41.5 Å². The largest absolute Gasteiger partial charge is 0.379 e. The molecule has 0 aliphatic carbocycles. The van der Waals surface area contributed by atoms with Crippen LogP contribution >= 0.6 is 0 Å². The molecule has 5 rings (SSSR count). The predicted molar refractivity (Wildman–Crippen MR) is 150 cm³/mol. The van der Waals surface area contributed by atoms with Crippen LogP contribution in [0.3, 0.4) is 0 Å². The lowest BCUT2D eigenvalue weighted by Crippen LogP contribution is -2.40. The smallest absolute Gasteiger partial charge is 0.276 e. The Balaban J connectivity index is 1.52. The zero-order valence-electron chi connectivity index (χ0n) is 22.1. The molecule has 10 nitrogen and oxygen atoms in total. The lowest BCUT2D eigenvalue weighted by Gasteiger charge is -2.36. The molecule has 3 aromatic rings. The Labute approximate surface area is 230 Å². The van der Waals surface area contributed by atoms with Gasteiger partial charge in [0.15, 0.2) is 11.6 Å². The Morgan fingerprint density at radius 2 is 1.85 bits per heavy atom. The summed E-state index contributed by atoms with van der Waals surface area (Å²) in [7, 11) is 0. The van der Waals surface area contributed by atoms with Gasteiger partial charge < -0.3 is 20.7 Å². The first-order valence-electron chi connectivity index (χ1n) is 13.1. The standard InChI is InChI=1S/C28H31F2N7O3/c1-17-24(36(32-2)19-12-15-40-16-19)8-6-22(26(17)35-13-10-18(31)11-14-35)33-28(39)23-7-9-25(38)37(34-23)27-20(29)4-3-5-21(27)30/h3-9,18-19H,2,10-16,31H2,1H3,(H,33,39)/t19-/m0/s1. The fraction of sp³-hybridized carbons (Fsp3) is 0.357. The van der Waals surface area contributed by atoms with Crippen LogP contribution in [0.5, 0.6) is 0 Å². The predicted octanol–water partition coefficient (Wildman–Crippen LogP) is 3.21. The molecule has 12 heteroatoms. The Morgan fingerprint density at radius 3 is 2.50 bits per heavy atom. The van der Waals surface area contributed by atoms with E-state index in [0.717, 1.165) is 54.4 Å². The molecule has 2 saturated heterocycles. The molecule has 3 N–H and O–H groups in total. The minimum absolute atomic E-state index is 0.0447. The van der Waals surface area contributed by atoms with Crippen LogP contribution in [0.4, 0.5) is 25.8 Å². The molecule has 1 atom stereocenters. The topological polar surface area (TPSA) is 118 Å². The van der Waals surface area contributed by atoms with Crippen molar-refractivity contribution in [1.29, 1.82) is 0 Å². The summed E-state index contributed by atoms with van der Waals surface area (Å²) < 4.78 is 34.9. The summed E-state index contributed by atoms with van der Waals surface area (Å²) in [5.74, 6) is -2.59. The number of carbonyl (C=O) groups excluding carboxylic acids is 1. The van der Waals surface area contributed by atoms with E-state index in [1.807, 2.05) is 18.0 Å². The minimum Gasteiger partial charge on any atom is -0.379 e. The fourth-order valence-corrected chi connectivity index (χ4v) is 5.24. The molecule has 1 amide bonds. The SMILES string of the molecule is C=NN(c1ccc(NC(=O)c2ccc(=O)n(-c3c(F)cccc3F)n2)c(N2CCC(N)CC2)c1C)[C@H]1CCOC1. The van der Waals surface area contributed by atoms with E-state index < -0.39 is 28.8 Å². The van der Waals surface area contributed by atoms with Gasteiger partial charge in [-0.3, -0.25) is 14.6 Å². The van der Waals surface area contributed by atoms with E-state index in [0.29, 0.717) is 36.7 Å². The van der Waals surface area contributed by atoms with Gasteiger partial charge in [0.25, 0.3) is 11.5 Å². The number of hydrogen-bond donors (Lipinski definition) is 2. The van der Waals surface area contributed by atoms with Crippen molar-refractivity contribution in [1.82, 2.24) is 9.78 Å². The maximum Gasteiger partial charge on any atom is 0.276 e. The van der Waals surface area contributed by atoms with E-state index >= 15 is 0 Å². The lowest BCUT2D eigenvalue weighted by molar-refractivity contribution is 0.102. The van der Waals surface area contributed by atoms with Gasteiger partial charge in [-0.25, -0.2) is 8.78 Å². The van der Waals surface area contributed by atoms with Crippen LogP contribution in [-0.4, -0.2) is 60.8 Å². The third-order valence-corrected chi connectivity index (χ3v) is 7.34. The second-order valence-corrected chi connectivity index (χ2v) is 9.93. The average molecular weight is 552 g/mol. The maximum atomic E-state index is 14.4. The van der Waals surface area contributed by atoms with Gasteiger partial charge in [-0.1, -0.05) is 6.07 Å². The van der Waals surface area contributed by atoms with Crippen molar-refractivity contribution in [3.63, 3.8) is 0 Å². The third kappa shape index (κ3) is 5.32. The quantitative estimate of drug-likeness (QED) is 0.342. The first-order chi connectivity index (χ1) is 19.3. The molecule has 210 valence electrons. The third-order valence-electron chi connectivity index (χ3n) is 7.34. The molecule has 2 aliphatic rings. The molecule has 2 fully saturated rings. The Morgan fingerprint density at radius 1 is 1.12 bits per heavy atom. The average Bonchev–Trinajstić information content (AvgIpc) is 3.47. The summed E-state index contributed by atoms with van der Waals surface area (Å²) >= 11 is 0. The van der Waals surface area contributed by atoms with Gasteiger partial charge in [0.05, 0.1) is 29.7 Å². The summed E-state index contributed by atoms with van der Waals surface area (Å²) in [6.45, 7) is 8.30. The molecule has 40 heavy (non-hydrogen) atoms. The van der Waals surface area contributed by atoms with E-state index in [2.05, 4.69) is 27.1 Å². The van der Waals surface area contributed by atoms with E-state index in [1.54, 1.807) is 6.07 Å². The van der Waals surface area contributed by atoms with E-state index in [-0.39, 0.29) is 17.8 Å². The molecule has 2 aromatic carbocycles. The Kier molecular flexibility index (Phi) is 7.90. The van der Waals surface area contributed by atoms with E-state index in [1.165, 1.54) is 12.1 Å². The molecule has 0 spiro atoms. The highest BCUT2D eigenvalue weighted by Crippen LogP contribution is 2.39. The summed E-state index contributed by atoms with van der Waals surface area (Å²) in [4.78, 5) is 28.0. The van der Waals surface area contributed by atoms with Crippen LogP contribution in [0.1, 0.15) is 35.3 Å². The minimum atomic E-state index is -0.975. The number of halogens is 2. The molecule has 2 aliphatic heterocycles. The summed E-state index contributed by atoms with van der Waals surface area (Å²) in [6, 6.07) is 9.26. The number of hydrazone groups is 1. The molecule has 0 radical (unpaired) electrons. The van der Waals surface area contributed by atoms with Crippen LogP contribution in [-0.2, 0) is 4.74 Å². The number of aromatic nitrogens is 2. The zero-order chi connectivity index (χ0) is 28.4. The van der Waals surface area contributed by atoms with Crippen molar-refractivity contribution in [2.45, 2.75) is 38.3 Å². The number of ether oxygens (including phenoxy) is 1. The van der Waals surface area contributed by atoms with Crippen molar-refractivity contribution < 1.29 is 18.3 Å². The van der Waals surface area contributed by atoms with Crippen LogP contribution in [0.25, 0.3) is 5.69 Å². The van der Waals surface area contributed by atoms with Crippen molar-refractivity contribution in [2.24, 2.45) is 10.8 Å². The molecule has 1 aromatic heterocycles. The number of benzene rings is 2. The summed E-state index contributed by atoms with van der Waals surface area (Å²) in [5, 5.41) is 13.0. The highest BCUT2D eigenvalue weighted by atomic mass is 19.1. The van der Waals surface area contributed by atoms with Crippen LogP contribution < -0.4 is 26.5 Å². The monoisotopic (exact) mass is 551 g/mol. The first kappa shape index (κ1) is 27.4. The summed E-state index contributed by atoms with van der Waals surface area (Å²) in [5.41, 5.74) is 7.59. The van der Waals surface area contributed by atoms with Crippen LogP contribution in [0, 0.1) is 18.6 Å². The van der Waals surface area contributed by atoms with Gasteiger partial charge in [-0.2, -0.15) is 14.9 Å². The van der Waals surface area contributed by atoms with Crippen LogP contribution in [0.2, 0.25) is 0 Å². The van der Waals surface area contributed by atoms with Crippen molar-refractivity contribution in [3.8, 4) is 5.69 Å². The number of nitrogens with zero attached hydrogens (tertiary/aromatic N) is 5. The number of nitrogens with one attached hydrogen (secondary N) is 1. The van der Waals surface area contributed by atoms with Crippen LogP contribution in [0.15, 0.2) is 52.4 Å². The number of carbonyl (C=O) groups is 1. The van der Waals surface area contributed by atoms with Gasteiger partial charge in [-0.15, -0.1) is 0 Å². The first-order valence-corrected chi connectivity index (χ1v) is 13.1. The highest BCUT2D eigenvalue weighted by molar-refractivity contribution is 6.05. The lowest BCUT2D eigenvalue weighted by atomic mass is 10.0. The van der Waals surface area contributed by atoms with Gasteiger partial charge in [0, 0.05) is 38.5 Å². The maximum absolute atomic E-state index is 14.4. The van der Waals surface area contributed by atoms with Gasteiger partial charge in [-0.05, 0) is 62.1 Å². The Bertz CT molecular complexity index is 1460.